The Hall–Kier alpha value is -0.990. The molecule has 0 fully saturated rings. The van der Waals surface area contributed by atoms with Crippen molar-refractivity contribution in [3.63, 3.8) is 0 Å². The first-order valence-electron chi connectivity index (χ1n) is 2.37. The number of nitrogens with zero attached hydrogens (tertiary/aromatic N) is 1. The summed E-state index contributed by atoms with van der Waals surface area (Å²) < 4.78 is 0. The summed E-state index contributed by atoms with van der Waals surface area (Å²) in [5.41, 5.74) is 3.61. The summed E-state index contributed by atoms with van der Waals surface area (Å²) in [5.74, 6) is 0. The lowest BCUT2D eigenvalue weighted by molar-refractivity contribution is 0.904. The fourth-order valence-electron chi connectivity index (χ4n) is 0.215. The molecule has 0 saturated carbocycles. The third kappa shape index (κ3) is 3.21. The van der Waals surface area contributed by atoms with Crippen LogP contribution in [0.15, 0.2) is 17.0 Å². The lowest BCUT2D eigenvalue weighted by Crippen LogP contribution is -2.05. The maximum absolute atomic E-state index is 3.41. The normalized spacial score (nSPS) is 10.5. The number of hydrogen-bond donors (Lipinski definition) is 2. The van der Waals surface area contributed by atoms with Gasteiger partial charge in [0.05, 0.1) is 0 Å². The van der Waals surface area contributed by atoms with E-state index in [0.717, 1.165) is 5.70 Å². The summed E-state index contributed by atoms with van der Waals surface area (Å²) in [6.07, 6.45) is 1.73. The molecule has 0 aliphatic carbocycles. The van der Waals surface area contributed by atoms with E-state index in [1.54, 1.807) is 6.20 Å². The van der Waals surface area contributed by atoms with Gasteiger partial charge in [-0.15, -0.1) is 0 Å². The molecule has 0 atom stereocenters. The molecular weight excluding hydrogens is 102 g/mol. The van der Waals surface area contributed by atoms with Crippen LogP contribution in [-0.4, -0.2) is 13.8 Å². The highest BCUT2D eigenvalue weighted by molar-refractivity contribution is 5.22. The van der Waals surface area contributed by atoms with Crippen molar-refractivity contribution in [2.75, 3.05) is 7.05 Å². The molecule has 0 amide bonds. The van der Waals surface area contributed by atoms with Gasteiger partial charge < -0.3 is 5.32 Å². The van der Waals surface area contributed by atoms with Crippen LogP contribution in [0.2, 0.25) is 0 Å². The van der Waals surface area contributed by atoms with Crippen LogP contribution in [-0.2, 0) is 0 Å². The predicted molar refractivity (Wildman–Crippen MR) is 35.5 cm³/mol. The Morgan fingerprint density at radius 3 is 2.75 bits per heavy atom. The Balaban J connectivity index is 3.40. The average Bonchev–Trinajstić information content (AvgIpc) is 1.83. The van der Waals surface area contributed by atoms with E-state index in [2.05, 4.69) is 22.6 Å². The highest BCUT2D eigenvalue weighted by atomic mass is 15.3. The van der Waals surface area contributed by atoms with Crippen molar-refractivity contribution in [1.29, 1.82) is 0 Å². The minimum absolute atomic E-state index is 1.03. The standard InChI is InChI=1S/C5H11N3/c1-5(6-2)4-8-7-3/h4,6,8H,3H2,1-2H3/b5-4-. The fraction of sp³-hybridized carbons (Fsp3) is 0.400. The zero-order chi connectivity index (χ0) is 6.41. The van der Waals surface area contributed by atoms with Crippen molar-refractivity contribution in [2.45, 2.75) is 6.92 Å². The first kappa shape index (κ1) is 7.01. The molecule has 0 aromatic heterocycles. The van der Waals surface area contributed by atoms with Gasteiger partial charge in [-0.25, -0.2) is 0 Å². The minimum atomic E-state index is 1.03. The second kappa shape index (κ2) is 4.18. The molecule has 0 bridgehead atoms. The van der Waals surface area contributed by atoms with Gasteiger partial charge in [-0.1, -0.05) is 0 Å². The molecule has 0 aromatic rings. The Labute approximate surface area is 49.5 Å². The van der Waals surface area contributed by atoms with E-state index in [9.17, 15) is 0 Å². The van der Waals surface area contributed by atoms with Crippen molar-refractivity contribution in [3.8, 4) is 0 Å². The maximum Gasteiger partial charge on any atom is 0.0386 e. The highest BCUT2D eigenvalue weighted by Crippen LogP contribution is 1.77. The zero-order valence-corrected chi connectivity index (χ0v) is 5.23. The zero-order valence-electron chi connectivity index (χ0n) is 5.23. The van der Waals surface area contributed by atoms with E-state index in [1.807, 2.05) is 14.0 Å². The van der Waals surface area contributed by atoms with E-state index in [1.165, 1.54) is 0 Å². The van der Waals surface area contributed by atoms with E-state index in [4.69, 9.17) is 0 Å². The van der Waals surface area contributed by atoms with Gasteiger partial charge in [0, 0.05) is 25.7 Å². The molecule has 3 heteroatoms. The maximum atomic E-state index is 3.41. The van der Waals surface area contributed by atoms with Gasteiger partial charge in [-0.3, -0.25) is 5.43 Å². The Bertz CT molecular complexity index is 95.8. The van der Waals surface area contributed by atoms with Crippen molar-refractivity contribution < 1.29 is 0 Å². The van der Waals surface area contributed by atoms with Gasteiger partial charge in [-0.05, 0) is 6.92 Å². The number of nitrogens with one attached hydrogen (secondary N) is 2. The third-order valence-corrected chi connectivity index (χ3v) is 0.767. The molecule has 46 valence electrons. The Kier molecular flexibility index (Phi) is 3.66. The summed E-state index contributed by atoms with van der Waals surface area (Å²) >= 11 is 0. The molecule has 0 unspecified atom stereocenters. The minimum Gasteiger partial charge on any atom is -0.390 e. The number of allylic oxidation sites excluding steroid dienone is 1. The average molecular weight is 113 g/mol. The fourth-order valence-corrected chi connectivity index (χ4v) is 0.215. The Morgan fingerprint density at radius 1 is 1.75 bits per heavy atom. The summed E-state index contributed by atoms with van der Waals surface area (Å²) in [4.78, 5) is 0. The van der Waals surface area contributed by atoms with Crippen LogP contribution in [0.5, 0.6) is 0 Å². The molecule has 0 aliphatic heterocycles. The molecule has 3 nitrogen and oxygen atoms in total. The summed E-state index contributed by atoms with van der Waals surface area (Å²) in [5, 5.41) is 6.32. The molecule has 0 aromatic carbocycles. The quantitative estimate of drug-likeness (QED) is 0.407. The molecule has 0 aliphatic rings. The lowest BCUT2D eigenvalue weighted by atomic mass is 10.5. The lowest BCUT2D eigenvalue weighted by Gasteiger charge is -1.95. The molecule has 0 rings (SSSR count). The third-order valence-electron chi connectivity index (χ3n) is 0.767. The van der Waals surface area contributed by atoms with Crippen LogP contribution in [0, 0.1) is 0 Å². The highest BCUT2D eigenvalue weighted by Gasteiger charge is 1.74. The molecular formula is C5H11N3. The van der Waals surface area contributed by atoms with Crippen LogP contribution in [0.25, 0.3) is 0 Å². The topological polar surface area (TPSA) is 36.4 Å². The Morgan fingerprint density at radius 2 is 2.38 bits per heavy atom. The smallest absolute Gasteiger partial charge is 0.0386 e. The second-order valence-electron chi connectivity index (χ2n) is 1.36. The van der Waals surface area contributed by atoms with Crippen molar-refractivity contribution in [3.05, 3.63) is 11.9 Å². The van der Waals surface area contributed by atoms with Gasteiger partial charge >= 0.3 is 0 Å². The number of rotatable bonds is 3. The first-order chi connectivity index (χ1) is 3.81. The molecule has 0 saturated heterocycles. The van der Waals surface area contributed by atoms with Crippen LogP contribution in [0.3, 0.4) is 0 Å². The molecule has 2 N–H and O–H groups in total. The van der Waals surface area contributed by atoms with Gasteiger partial charge in [0.25, 0.3) is 0 Å². The SMILES string of the molecule is C=NN/C=C(/C)NC. The number of hydrogen-bond acceptors (Lipinski definition) is 3. The molecule has 0 heterocycles. The largest absolute Gasteiger partial charge is 0.390 e. The van der Waals surface area contributed by atoms with Crippen LogP contribution >= 0.6 is 0 Å². The molecule has 0 spiro atoms. The van der Waals surface area contributed by atoms with Crippen LogP contribution in [0.4, 0.5) is 0 Å². The summed E-state index contributed by atoms with van der Waals surface area (Å²) in [7, 11) is 1.84. The molecule has 0 radical (unpaired) electrons. The second-order valence-corrected chi connectivity index (χ2v) is 1.36. The van der Waals surface area contributed by atoms with Gasteiger partial charge in [-0.2, -0.15) is 5.10 Å². The van der Waals surface area contributed by atoms with Crippen molar-refractivity contribution in [1.82, 2.24) is 10.7 Å². The van der Waals surface area contributed by atoms with E-state index < -0.39 is 0 Å². The van der Waals surface area contributed by atoms with Gasteiger partial charge in [0.2, 0.25) is 0 Å². The van der Waals surface area contributed by atoms with E-state index in [0.29, 0.717) is 0 Å². The van der Waals surface area contributed by atoms with E-state index >= 15 is 0 Å². The van der Waals surface area contributed by atoms with E-state index in [-0.39, 0.29) is 0 Å². The van der Waals surface area contributed by atoms with Crippen LogP contribution in [0.1, 0.15) is 6.92 Å². The predicted octanol–water partition coefficient (Wildman–Crippen LogP) is 0.272. The summed E-state index contributed by atoms with van der Waals surface area (Å²) in [6.45, 7) is 5.16. The van der Waals surface area contributed by atoms with Crippen molar-refractivity contribution >= 4 is 6.72 Å². The summed E-state index contributed by atoms with van der Waals surface area (Å²) in [6, 6.07) is 0. The number of hydrazone groups is 1. The van der Waals surface area contributed by atoms with Gasteiger partial charge in [0.15, 0.2) is 0 Å². The monoisotopic (exact) mass is 113 g/mol. The first-order valence-corrected chi connectivity index (χ1v) is 2.37. The van der Waals surface area contributed by atoms with Crippen LogP contribution < -0.4 is 10.7 Å². The van der Waals surface area contributed by atoms with Gasteiger partial charge in [0.1, 0.15) is 0 Å². The molecule has 8 heavy (non-hydrogen) atoms. The van der Waals surface area contributed by atoms with Crippen molar-refractivity contribution in [2.24, 2.45) is 5.10 Å².